The van der Waals surface area contributed by atoms with Gasteiger partial charge in [0.25, 0.3) is 0 Å². The van der Waals surface area contributed by atoms with Gasteiger partial charge in [-0.1, -0.05) is 23.9 Å². The van der Waals surface area contributed by atoms with E-state index in [9.17, 15) is 0 Å². The van der Waals surface area contributed by atoms with Crippen LogP contribution in [0.15, 0.2) is 49.1 Å². The average molecular weight is 372 g/mol. The van der Waals surface area contributed by atoms with Gasteiger partial charge in [0, 0.05) is 0 Å². The van der Waals surface area contributed by atoms with E-state index in [0.29, 0.717) is 0 Å². The molecule has 0 fully saturated rings. The van der Waals surface area contributed by atoms with E-state index >= 15 is 0 Å². The molecule has 0 aromatic heterocycles. The SMILES string of the molecule is Cc1ccc(Br)c2c1Sc1cccc(Br)c1O2. The van der Waals surface area contributed by atoms with Crippen molar-refractivity contribution in [3.8, 4) is 11.5 Å². The van der Waals surface area contributed by atoms with Gasteiger partial charge < -0.3 is 4.74 Å². The summed E-state index contributed by atoms with van der Waals surface area (Å²) in [7, 11) is 0. The summed E-state index contributed by atoms with van der Waals surface area (Å²) in [5, 5.41) is 0. The van der Waals surface area contributed by atoms with Gasteiger partial charge >= 0.3 is 0 Å². The standard InChI is InChI=1S/C13H8Br2OS/c1-7-5-6-9(15)12-13(7)17-10-4-2-3-8(14)11(10)16-12/h2-6H,1H3. The first-order chi connectivity index (χ1) is 8.16. The number of hydrogen-bond donors (Lipinski definition) is 0. The summed E-state index contributed by atoms with van der Waals surface area (Å²) in [6.45, 7) is 2.10. The molecule has 1 aliphatic heterocycles. The molecule has 3 rings (SSSR count). The monoisotopic (exact) mass is 370 g/mol. The third kappa shape index (κ3) is 1.92. The molecule has 0 radical (unpaired) electrons. The van der Waals surface area contributed by atoms with Crippen LogP contribution in [-0.2, 0) is 0 Å². The van der Waals surface area contributed by atoms with Crippen molar-refractivity contribution in [3.05, 3.63) is 44.8 Å². The van der Waals surface area contributed by atoms with E-state index in [1.54, 1.807) is 11.8 Å². The number of para-hydroxylation sites is 1. The predicted octanol–water partition coefficient (Wildman–Crippen LogP) is 5.78. The Hall–Kier alpha value is -0.450. The molecule has 2 aromatic carbocycles. The highest BCUT2D eigenvalue weighted by Gasteiger charge is 2.23. The number of benzene rings is 2. The van der Waals surface area contributed by atoms with E-state index in [1.807, 2.05) is 18.2 Å². The van der Waals surface area contributed by atoms with E-state index in [1.165, 1.54) is 10.5 Å². The van der Waals surface area contributed by atoms with E-state index in [4.69, 9.17) is 4.74 Å². The van der Waals surface area contributed by atoms with Crippen LogP contribution in [0.5, 0.6) is 11.5 Å². The van der Waals surface area contributed by atoms with Crippen LogP contribution in [-0.4, -0.2) is 0 Å². The zero-order chi connectivity index (χ0) is 12.0. The van der Waals surface area contributed by atoms with Crippen molar-refractivity contribution >= 4 is 43.6 Å². The Labute approximate surface area is 121 Å². The molecule has 0 amide bonds. The molecule has 0 saturated heterocycles. The van der Waals surface area contributed by atoms with Crippen LogP contribution in [0.25, 0.3) is 0 Å². The van der Waals surface area contributed by atoms with Gasteiger partial charge in [0.15, 0.2) is 11.5 Å². The highest BCUT2D eigenvalue weighted by molar-refractivity contribution is 9.11. The Balaban J connectivity index is 2.21. The third-order valence-electron chi connectivity index (χ3n) is 2.61. The van der Waals surface area contributed by atoms with E-state index < -0.39 is 0 Å². The molecule has 86 valence electrons. The number of ether oxygens (including phenoxy) is 1. The second-order valence-corrected chi connectivity index (χ2v) is 6.55. The van der Waals surface area contributed by atoms with Crippen LogP contribution in [0.3, 0.4) is 0 Å². The molecule has 0 atom stereocenters. The minimum absolute atomic E-state index is 0.899. The van der Waals surface area contributed by atoms with Gasteiger partial charge in [0.1, 0.15) is 0 Å². The predicted molar refractivity (Wildman–Crippen MR) is 77.2 cm³/mol. The fraction of sp³-hybridized carbons (Fsp3) is 0.0769. The molecule has 0 bridgehead atoms. The molecule has 2 aromatic rings. The van der Waals surface area contributed by atoms with Crippen LogP contribution in [0.4, 0.5) is 0 Å². The van der Waals surface area contributed by atoms with Crippen molar-refractivity contribution in [1.82, 2.24) is 0 Å². The Morgan fingerprint density at radius 2 is 1.76 bits per heavy atom. The van der Waals surface area contributed by atoms with Crippen LogP contribution in [0.2, 0.25) is 0 Å². The maximum atomic E-state index is 6.01. The first-order valence-electron chi connectivity index (χ1n) is 5.10. The second kappa shape index (κ2) is 4.34. The summed E-state index contributed by atoms with van der Waals surface area (Å²) in [6, 6.07) is 10.2. The largest absolute Gasteiger partial charge is 0.453 e. The van der Waals surface area contributed by atoms with Gasteiger partial charge in [0.2, 0.25) is 0 Å². The number of hydrogen-bond acceptors (Lipinski definition) is 2. The molecular weight excluding hydrogens is 364 g/mol. The lowest BCUT2D eigenvalue weighted by Gasteiger charge is -2.22. The third-order valence-corrected chi connectivity index (χ3v) is 5.11. The van der Waals surface area contributed by atoms with Gasteiger partial charge in [-0.15, -0.1) is 0 Å². The fourth-order valence-electron chi connectivity index (χ4n) is 1.74. The van der Waals surface area contributed by atoms with Crippen LogP contribution in [0.1, 0.15) is 5.56 Å². The van der Waals surface area contributed by atoms with Gasteiger partial charge in [0.05, 0.1) is 18.7 Å². The molecule has 1 nitrogen and oxygen atoms in total. The Morgan fingerprint density at radius 1 is 1.00 bits per heavy atom. The minimum Gasteiger partial charge on any atom is -0.453 e. The lowest BCUT2D eigenvalue weighted by Crippen LogP contribution is -1.98. The zero-order valence-electron chi connectivity index (χ0n) is 8.96. The first kappa shape index (κ1) is 11.6. The molecule has 4 heteroatoms. The average Bonchev–Trinajstić information content (AvgIpc) is 2.33. The fourth-order valence-corrected chi connectivity index (χ4v) is 3.94. The normalized spacial score (nSPS) is 12.6. The molecular formula is C13H8Br2OS. The van der Waals surface area contributed by atoms with Crippen molar-refractivity contribution in [3.63, 3.8) is 0 Å². The summed E-state index contributed by atoms with van der Waals surface area (Å²) in [6.07, 6.45) is 0. The molecule has 17 heavy (non-hydrogen) atoms. The molecule has 0 saturated carbocycles. The Kier molecular flexibility index (Phi) is 2.97. The minimum atomic E-state index is 0.899. The van der Waals surface area contributed by atoms with Crippen LogP contribution in [0, 0.1) is 6.92 Å². The smallest absolute Gasteiger partial charge is 0.155 e. The Morgan fingerprint density at radius 3 is 2.59 bits per heavy atom. The Bertz CT molecular complexity index is 611. The van der Waals surface area contributed by atoms with Crippen molar-refractivity contribution in [2.45, 2.75) is 16.7 Å². The lowest BCUT2D eigenvalue weighted by atomic mass is 10.2. The van der Waals surface area contributed by atoms with Gasteiger partial charge in [-0.2, -0.15) is 0 Å². The van der Waals surface area contributed by atoms with Gasteiger partial charge in [-0.05, 0) is 62.5 Å². The van der Waals surface area contributed by atoms with Gasteiger partial charge in [-0.3, -0.25) is 0 Å². The maximum Gasteiger partial charge on any atom is 0.155 e. The quantitative estimate of drug-likeness (QED) is 0.495. The summed E-state index contributed by atoms with van der Waals surface area (Å²) in [4.78, 5) is 2.33. The molecule has 0 spiro atoms. The van der Waals surface area contributed by atoms with Gasteiger partial charge in [-0.25, -0.2) is 0 Å². The number of aryl methyl sites for hydroxylation is 1. The van der Waals surface area contributed by atoms with E-state index in [0.717, 1.165) is 25.3 Å². The van der Waals surface area contributed by atoms with E-state index in [2.05, 4.69) is 50.9 Å². The molecule has 0 N–H and O–H groups in total. The van der Waals surface area contributed by atoms with Crippen molar-refractivity contribution < 1.29 is 4.74 Å². The molecule has 0 aliphatic carbocycles. The highest BCUT2D eigenvalue weighted by atomic mass is 79.9. The summed E-state index contributed by atoms with van der Waals surface area (Å²) in [5.41, 5.74) is 1.24. The number of halogens is 2. The number of fused-ring (bicyclic) bond motifs is 2. The van der Waals surface area contributed by atoms with Crippen molar-refractivity contribution in [2.75, 3.05) is 0 Å². The zero-order valence-corrected chi connectivity index (χ0v) is 12.9. The number of rotatable bonds is 0. The van der Waals surface area contributed by atoms with E-state index in [-0.39, 0.29) is 0 Å². The summed E-state index contributed by atoms with van der Waals surface area (Å²) < 4.78 is 7.99. The molecule has 1 aliphatic rings. The first-order valence-corrected chi connectivity index (χ1v) is 7.50. The summed E-state index contributed by atoms with van der Waals surface area (Å²) >= 11 is 8.81. The van der Waals surface area contributed by atoms with Crippen LogP contribution < -0.4 is 4.74 Å². The lowest BCUT2D eigenvalue weighted by molar-refractivity contribution is 0.447. The van der Waals surface area contributed by atoms with Crippen molar-refractivity contribution in [2.24, 2.45) is 0 Å². The van der Waals surface area contributed by atoms with Crippen molar-refractivity contribution in [1.29, 1.82) is 0 Å². The second-order valence-electron chi connectivity index (χ2n) is 3.79. The highest BCUT2D eigenvalue weighted by Crippen LogP contribution is 2.52. The molecule has 1 heterocycles. The van der Waals surface area contributed by atoms with Crippen LogP contribution >= 0.6 is 43.6 Å². The summed E-state index contributed by atoms with van der Waals surface area (Å²) in [5.74, 6) is 1.81. The topological polar surface area (TPSA) is 9.23 Å². The molecule has 0 unspecified atom stereocenters. The maximum absolute atomic E-state index is 6.01.